The van der Waals surface area contributed by atoms with E-state index >= 15 is 8.78 Å². The molecule has 1 aromatic heterocycles. The Morgan fingerprint density at radius 1 is 0.842 bits per heavy atom. The number of ether oxygens (including phenoxy) is 2. The number of aliphatic imine (C=N–C) groups is 1. The van der Waals surface area contributed by atoms with E-state index < -0.39 is 11.6 Å². The maximum Gasteiger partial charge on any atom is 0.167 e. The molecule has 1 aliphatic heterocycles. The second-order valence-corrected chi connectivity index (χ2v) is 9.16. The summed E-state index contributed by atoms with van der Waals surface area (Å²) in [4.78, 5) is 4.74. The van der Waals surface area contributed by atoms with Crippen LogP contribution in [0.15, 0.2) is 102 Å². The van der Waals surface area contributed by atoms with E-state index in [1.165, 1.54) is 24.3 Å². The van der Waals surface area contributed by atoms with Gasteiger partial charge in [0, 0.05) is 35.3 Å². The van der Waals surface area contributed by atoms with Gasteiger partial charge in [-0.1, -0.05) is 60.7 Å². The van der Waals surface area contributed by atoms with Crippen molar-refractivity contribution in [3.05, 3.63) is 120 Å². The van der Waals surface area contributed by atoms with Crippen LogP contribution in [-0.2, 0) is 4.74 Å². The number of fused-ring (bicyclic) bond motifs is 1. The third-order valence-electron chi connectivity index (χ3n) is 6.55. The van der Waals surface area contributed by atoms with Gasteiger partial charge in [-0.15, -0.1) is 0 Å². The van der Waals surface area contributed by atoms with Crippen LogP contribution in [0.2, 0.25) is 0 Å². The molecule has 0 radical (unpaired) electrons. The summed E-state index contributed by atoms with van der Waals surface area (Å²) >= 11 is 0. The van der Waals surface area contributed by atoms with E-state index in [2.05, 4.69) is 5.10 Å². The summed E-state index contributed by atoms with van der Waals surface area (Å²) in [7, 11) is 0. The molecule has 0 bridgehead atoms. The van der Waals surface area contributed by atoms with Crippen molar-refractivity contribution in [1.82, 2.24) is 9.78 Å². The monoisotopic (exact) mass is 509 g/mol. The highest BCUT2D eigenvalue weighted by Crippen LogP contribution is 2.34. The third-order valence-corrected chi connectivity index (χ3v) is 6.55. The first kappa shape index (κ1) is 24.0. The molecule has 1 saturated heterocycles. The number of aromatic nitrogens is 2. The van der Waals surface area contributed by atoms with Gasteiger partial charge in [-0.25, -0.2) is 18.5 Å². The molecule has 6 rings (SSSR count). The van der Waals surface area contributed by atoms with Gasteiger partial charge in [0.1, 0.15) is 0 Å². The summed E-state index contributed by atoms with van der Waals surface area (Å²) in [6.07, 6.45) is 4.30. The van der Waals surface area contributed by atoms with Gasteiger partial charge >= 0.3 is 0 Å². The maximum absolute atomic E-state index is 15.1. The van der Waals surface area contributed by atoms with Crippen LogP contribution >= 0.6 is 0 Å². The van der Waals surface area contributed by atoms with Gasteiger partial charge in [0.25, 0.3) is 0 Å². The van der Waals surface area contributed by atoms with Crippen molar-refractivity contribution in [2.75, 3.05) is 6.61 Å². The normalized spacial score (nSPS) is 15.4. The lowest BCUT2D eigenvalue weighted by molar-refractivity contribution is -0.0366. The fourth-order valence-corrected chi connectivity index (χ4v) is 4.65. The van der Waals surface area contributed by atoms with Crippen LogP contribution in [0.3, 0.4) is 0 Å². The van der Waals surface area contributed by atoms with Crippen LogP contribution in [0.5, 0.6) is 11.5 Å². The Hall–Kier alpha value is -4.36. The van der Waals surface area contributed by atoms with Crippen molar-refractivity contribution in [1.29, 1.82) is 0 Å². The molecule has 0 aliphatic carbocycles. The van der Waals surface area contributed by atoms with Crippen LogP contribution in [0.4, 0.5) is 14.5 Å². The highest BCUT2D eigenvalue weighted by molar-refractivity contribution is 6.13. The van der Waals surface area contributed by atoms with Gasteiger partial charge in [0.05, 0.1) is 23.1 Å². The molecule has 0 spiro atoms. The molecule has 1 unspecified atom stereocenters. The number of hydrogen-bond acceptors (Lipinski definition) is 4. The highest BCUT2D eigenvalue weighted by atomic mass is 19.1. The van der Waals surface area contributed by atoms with Gasteiger partial charge < -0.3 is 9.47 Å². The van der Waals surface area contributed by atoms with Crippen molar-refractivity contribution < 1.29 is 18.3 Å². The minimum atomic E-state index is -0.641. The van der Waals surface area contributed by atoms with Gasteiger partial charge in [0.2, 0.25) is 0 Å². The van der Waals surface area contributed by atoms with Gasteiger partial charge in [-0.05, 0) is 37.5 Å². The molecular formula is C31H25F2N3O2. The van der Waals surface area contributed by atoms with Gasteiger partial charge in [-0.2, -0.15) is 5.10 Å². The van der Waals surface area contributed by atoms with Crippen LogP contribution in [-0.4, -0.2) is 22.1 Å². The van der Waals surface area contributed by atoms with Crippen molar-refractivity contribution in [3.8, 4) is 11.5 Å². The lowest BCUT2D eigenvalue weighted by atomic mass is 10.0. The number of rotatable bonds is 6. The number of halogens is 2. The first-order chi connectivity index (χ1) is 18.7. The van der Waals surface area contributed by atoms with Crippen LogP contribution in [0.1, 0.15) is 36.6 Å². The van der Waals surface area contributed by atoms with E-state index in [4.69, 9.17) is 14.5 Å². The van der Waals surface area contributed by atoms with Crippen molar-refractivity contribution in [3.63, 3.8) is 0 Å². The Bertz CT molecular complexity index is 1550. The molecule has 0 N–H and O–H groups in total. The molecule has 0 amide bonds. The summed E-state index contributed by atoms with van der Waals surface area (Å²) in [6, 6.07) is 26.7. The number of nitrogens with zero attached hydrogens (tertiary/aromatic N) is 3. The Morgan fingerprint density at radius 3 is 2.21 bits per heavy atom. The standard InChI is InChI=1S/C31H25F2N3O2/c32-25-18-24(35-31(21-9-3-1-4-10-21)22-11-5-2-6-12-22)14-15-28(25)38-29-17-23-20-34-36(27(23)19-26(29)33)30-13-7-8-16-37-30/h1-6,9-12,14-15,17-20,30H,7-8,13,16H2. The quantitative estimate of drug-likeness (QED) is 0.218. The SMILES string of the molecule is Fc1cc(N=C(c2ccccc2)c2ccccc2)ccc1Oc1cc2cnn(C3CCCCO3)c2cc1F. The van der Waals surface area contributed by atoms with Crippen molar-refractivity contribution >= 4 is 22.3 Å². The average Bonchev–Trinajstić information content (AvgIpc) is 3.37. The summed E-state index contributed by atoms with van der Waals surface area (Å²) < 4.78 is 43.3. The molecule has 190 valence electrons. The maximum atomic E-state index is 15.1. The van der Waals surface area contributed by atoms with Crippen molar-refractivity contribution in [2.45, 2.75) is 25.5 Å². The molecule has 1 aliphatic rings. The minimum absolute atomic E-state index is 0.0778. The van der Waals surface area contributed by atoms with Gasteiger partial charge in [0.15, 0.2) is 29.4 Å². The zero-order valence-corrected chi connectivity index (χ0v) is 20.6. The van der Waals surface area contributed by atoms with E-state index in [0.717, 1.165) is 36.1 Å². The first-order valence-electron chi connectivity index (χ1n) is 12.6. The van der Waals surface area contributed by atoms with E-state index in [-0.39, 0.29) is 17.7 Å². The molecule has 5 nitrogen and oxygen atoms in total. The lowest BCUT2D eigenvalue weighted by Crippen LogP contribution is -2.18. The Balaban J connectivity index is 1.29. The largest absolute Gasteiger partial charge is 0.451 e. The molecule has 1 atom stereocenters. The molecule has 7 heteroatoms. The molecule has 5 aromatic rings. The lowest BCUT2D eigenvalue weighted by Gasteiger charge is -2.23. The van der Waals surface area contributed by atoms with Crippen LogP contribution in [0, 0.1) is 11.6 Å². The zero-order valence-electron chi connectivity index (χ0n) is 20.6. The first-order valence-corrected chi connectivity index (χ1v) is 12.6. The van der Waals surface area contributed by atoms with E-state index in [9.17, 15) is 0 Å². The summed E-state index contributed by atoms with van der Waals surface area (Å²) in [5.41, 5.74) is 3.57. The van der Waals surface area contributed by atoms with E-state index in [0.29, 0.717) is 23.2 Å². The second kappa shape index (κ2) is 10.6. The summed E-state index contributed by atoms with van der Waals surface area (Å²) in [6.45, 7) is 0.660. The Kier molecular flexibility index (Phi) is 6.67. The smallest absolute Gasteiger partial charge is 0.167 e. The molecule has 1 fully saturated rings. The predicted octanol–water partition coefficient (Wildman–Crippen LogP) is 7.98. The molecule has 2 heterocycles. The van der Waals surface area contributed by atoms with Gasteiger partial charge in [-0.3, -0.25) is 0 Å². The fraction of sp³-hybridized carbons (Fsp3) is 0.161. The zero-order chi connectivity index (χ0) is 25.9. The second-order valence-electron chi connectivity index (χ2n) is 9.16. The minimum Gasteiger partial charge on any atom is -0.451 e. The van der Waals surface area contributed by atoms with E-state index in [1.54, 1.807) is 16.9 Å². The molecule has 0 saturated carbocycles. The Morgan fingerprint density at radius 2 is 1.55 bits per heavy atom. The summed E-state index contributed by atoms with van der Waals surface area (Å²) in [5.74, 6) is -1.42. The van der Waals surface area contributed by atoms with Crippen LogP contribution < -0.4 is 4.74 Å². The third kappa shape index (κ3) is 4.93. The van der Waals surface area contributed by atoms with Crippen molar-refractivity contribution in [2.24, 2.45) is 4.99 Å². The summed E-state index contributed by atoms with van der Waals surface area (Å²) in [5, 5.41) is 5.08. The number of hydrogen-bond donors (Lipinski definition) is 0. The number of benzene rings is 4. The predicted molar refractivity (Wildman–Crippen MR) is 143 cm³/mol. The molecule has 4 aromatic carbocycles. The van der Waals surface area contributed by atoms with E-state index in [1.807, 2.05) is 60.7 Å². The fourth-order valence-electron chi connectivity index (χ4n) is 4.65. The average molecular weight is 510 g/mol. The highest BCUT2D eigenvalue weighted by Gasteiger charge is 2.20. The molecule has 38 heavy (non-hydrogen) atoms. The Labute approximate surface area is 219 Å². The molecular weight excluding hydrogens is 484 g/mol. The topological polar surface area (TPSA) is 48.6 Å². The van der Waals surface area contributed by atoms with Crippen LogP contribution in [0.25, 0.3) is 10.9 Å².